The number of hydrogen-bond donors (Lipinski definition) is 0. The molecule has 3 aromatic carbocycles. The van der Waals surface area contributed by atoms with Crippen LogP contribution in [0.2, 0.25) is 0 Å². The van der Waals surface area contributed by atoms with Gasteiger partial charge in [-0.2, -0.15) is 66.8 Å². The maximum Gasteiger partial charge on any atom is 2.00 e. The van der Waals surface area contributed by atoms with Crippen LogP contribution in [0.3, 0.4) is 0 Å². The second-order valence-electron chi connectivity index (χ2n) is 12.2. The molecule has 45 heavy (non-hydrogen) atoms. The summed E-state index contributed by atoms with van der Waals surface area (Å²) in [4.78, 5) is 0. The van der Waals surface area contributed by atoms with E-state index in [4.69, 9.17) is 0 Å². The fourth-order valence-corrected chi connectivity index (χ4v) is 8.04. The molecule has 0 spiro atoms. The molecule has 0 heterocycles. The average molecular weight is 776 g/mol. The molecule has 6 heteroatoms. The summed E-state index contributed by atoms with van der Waals surface area (Å²) in [5.74, 6) is 0. The second kappa shape index (κ2) is 26.0. The maximum absolute atomic E-state index is 2.47. The Labute approximate surface area is 341 Å². The number of rotatable bonds is 6. The van der Waals surface area contributed by atoms with Crippen LogP contribution in [-0.4, -0.2) is 0 Å². The Morgan fingerprint density at radius 1 is 0.400 bits per heavy atom. The Kier molecular flexibility index (Phi) is 29.1. The van der Waals surface area contributed by atoms with Crippen molar-refractivity contribution in [3.63, 3.8) is 0 Å². The third-order valence-corrected chi connectivity index (χ3v) is 10.0. The Morgan fingerprint density at radius 2 is 0.622 bits per heavy atom. The first-order valence-electron chi connectivity index (χ1n) is 17.0. The summed E-state index contributed by atoms with van der Waals surface area (Å²) in [6, 6.07) is 7.40. The molecule has 6 rings (SSSR count). The molecule has 0 unspecified atom stereocenters. The molecule has 3 aromatic rings. The maximum atomic E-state index is 2.47. The smallest absolute Gasteiger partial charge is 1.00 e. The first kappa shape index (κ1) is 50.4. The van der Waals surface area contributed by atoms with E-state index in [2.05, 4.69) is 59.7 Å². The van der Waals surface area contributed by atoms with Gasteiger partial charge in [0.15, 0.2) is 0 Å². The zero-order valence-corrected chi connectivity index (χ0v) is 36.0. The van der Waals surface area contributed by atoms with E-state index in [-0.39, 0.29) is 102 Å². The molecule has 0 saturated carbocycles. The normalized spacial score (nSPS) is 13.7. The Balaban J connectivity index is -0.000000551. The number of hydrogen-bond acceptors (Lipinski definition) is 0. The average Bonchev–Trinajstić information content (AvgIpc) is 3.67. The standard InChI is InChI=1S/3C13H19.3ClH.3Ti/c3*1-3-10-9-11-7-5-6-8-13(11)12(10)4-2;;;;;;/h3*9H,3-8H2,1-2H3;3*1H;;;/q3*-1;;;;3*+2/p-3. The van der Waals surface area contributed by atoms with Crippen molar-refractivity contribution in [1.82, 2.24) is 0 Å². The molecule has 0 aromatic heterocycles. The van der Waals surface area contributed by atoms with Crippen molar-refractivity contribution in [2.75, 3.05) is 0 Å². The fraction of sp³-hybridized carbons (Fsp3) is 0.615. The van der Waals surface area contributed by atoms with E-state index in [1.54, 1.807) is 66.8 Å². The quantitative estimate of drug-likeness (QED) is 0.262. The van der Waals surface area contributed by atoms with Gasteiger partial charge in [0.2, 0.25) is 0 Å². The van der Waals surface area contributed by atoms with Gasteiger partial charge in [0.1, 0.15) is 0 Å². The third kappa shape index (κ3) is 12.4. The van der Waals surface area contributed by atoms with Crippen LogP contribution < -0.4 is 37.2 Å². The number of aryl methyl sites for hydroxylation is 6. The molecule has 0 fully saturated rings. The van der Waals surface area contributed by atoms with Gasteiger partial charge in [-0.3, -0.25) is 0 Å². The van der Waals surface area contributed by atoms with Crippen molar-refractivity contribution in [2.45, 2.75) is 157 Å². The Bertz CT molecular complexity index is 1020. The molecule has 0 radical (unpaired) electrons. The Morgan fingerprint density at radius 3 is 0.822 bits per heavy atom. The molecule has 0 aliphatic heterocycles. The van der Waals surface area contributed by atoms with Crippen LogP contribution in [0.25, 0.3) is 0 Å². The summed E-state index contributed by atoms with van der Waals surface area (Å²) < 4.78 is 0. The van der Waals surface area contributed by atoms with Crippen LogP contribution in [0.15, 0.2) is 18.2 Å². The summed E-state index contributed by atoms with van der Waals surface area (Å²) in [7, 11) is 0. The molecule has 0 saturated heterocycles. The molecule has 0 nitrogen and oxygen atoms in total. The minimum Gasteiger partial charge on any atom is -1.00 e. The summed E-state index contributed by atoms with van der Waals surface area (Å²) in [5.41, 5.74) is 20.0. The van der Waals surface area contributed by atoms with Crippen LogP contribution in [0.1, 0.15) is 147 Å². The van der Waals surface area contributed by atoms with Crippen molar-refractivity contribution in [1.29, 1.82) is 0 Å². The van der Waals surface area contributed by atoms with Crippen LogP contribution in [0, 0.1) is 0 Å². The zero-order chi connectivity index (χ0) is 27.8. The molecule has 0 atom stereocenters. The van der Waals surface area contributed by atoms with Crippen molar-refractivity contribution in [3.05, 3.63) is 85.0 Å². The van der Waals surface area contributed by atoms with Crippen molar-refractivity contribution < 1.29 is 102 Å². The molecule has 246 valence electrons. The number of fused-ring (bicyclic) bond motifs is 3. The van der Waals surface area contributed by atoms with Gasteiger partial charge < -0.3 is 37.2 Å². The summed E-state index contributed by atoms with van der Waals surface area (Å²) in [5, 5.41) is 0. The van der Waals surface area contributed by atoms with E-state index in [1.807, 2.05) is 0 Å². The minimum atomic E-state index is 0. The SMILES string of the molecule is CCc1cc2c([c-]1CC)CCCC2.CCc1cc2c([c-]1CC)CCCC2.CCc1cc2c([c-]1CC)CCCC2.[Cl-].[Cl-].[Cl-].[Ti+2].[Ti+2].[Ti+2]. The van der Waals surface area contributed by atoms with Gasteiger partial charge in [-0.15, -0.1) is 0 Å². The van der Waals surface area contributed by atoms with Gasteiger partial charge in [0.25, 0.3) is 0 Å². The van der Waals surface area contributed by atoms with Crippen LogP contribution >= 0.6 is 0 Å². The summed E-state index contributed by atoms with van der Waals surface area (Å²) >= 11 is 0. The molecule has 0 amide bonds. The van der Waals surface area contributed by atoms with E-state index < -0.39 is 0 Å². The first-order chi connectivity index (χ1) is 19.1. The molecule has 0 N–H and O–H groups in total. The van der Waals surface area contributed by atoms with Crippen molar-refractivity contribution in [2.24, 2.45) is 0 Å². The van der Waals surface area contributed by atoms with E-state index in [9.17, 15) is 0 Å². The molecular formula is C39H57Cl3Ti3. The molecule has 3 aliphatic rings. The van der Waals surface area contributed by atoms with Gasteiger partial charge >= 0.3 is 65.2 Å². The molecule has 3 aliphatic carbocycles. The third-order valence-electron chi connectivity index (χ3n) is 10.0. The minimum absolute atomic E-state index is 0. The fourth-order valence-electron chi connectivity index (χ4n) is 8.04. The van der Waals surface area contributed by atoms with Gasteiger partial charge in [0.05, 0.1) is 0 Å². The zero-order valence-electron chi connectivity index (χ0n) is 29.1. The first-order valence-corrected chi connectivity index (χ1v) is 17.0. The van der Waals surface area contributed by atoms with E-state index in [0.717, 1.165) is 0 Å². The predicted molar refractivity (Wildman–Crippen MR) is 172 cm³/mol. The van der Waals surface area contributed by atoms with E-state index in [0.29, 0.717) is 0 Å². The summed E-state index contributed by atoms with van der Waals surface area (Å²) in [6.45, 7) is 13.7. The Hall–Kier alpha value is 1.06. The predicted octanol–water partition coefficient (Wildman–Crippen LogP) is 1.23. The number of halogens is 3. The monoisotopic (exact) mass is 774 g/mol. The van der Waals surface area contributed by atoms with Gasteiger partial charge in [-0.05, 0) is 0 Å². The topological polar surface area (TPSA) is 0 Å². The van der Waals surface area contributed by atoms with Crippen molar-refractivity contribution in [3.8, 4) is 0 Å². The van der Waals surface area contributed by atoms with Gasteiger partial charge in [-0.1, -0.05) is 157 Å². The van der Waals surface area contributed by atoms with Crippen LogP contribution in [0.5, 0.6) is 0 Å². The molecule has 0 bridgehead atoms. The van der Waals surface area contributed by atoms with Crippen LogP contribution in [0.4, 0.5) is 0 Å². The second-order valence-corrected chi connectivity index (χ2v) is 12.2. The van der Waals surface area contributed by atoms with Gasteiger partial charge in [0, 0.05) is 0 Å². The largest absolute Gasteiger partial charge is 2.00 e. The van der Waals surface area contributed by atoms with Crippen molar-refractivity contribution >= 4 is 0 Å². The van der Waals surface area contributed by atoms with E-state index >= 15 is 0 Å². The van der Waals surface area contributed by atoms with Gasteiger partial charge in [-0.25, -0.2) is 18.2 Å². The summed E-state index contributed by atoms with van der Waals surface area (Å²) in [6.07, 6.45) is 23.9. The van der Waals surface area contributed by atoms with Crippen LogP contribution in [-0.2, 0) is 142 Å². The molecular weight excluding hydrogens is 718 g/mol. The van der Waals surface area contributed by atoms with E-state index in [1.165, 1.54) is 116 Å².